The van der Waals surface area contributed by atoms with Gasteiger partial charge in [0.05, 0.1) is 12.1 Å². The second-order valence-corrected chi connectivity index (χ2v) is 7.04. The first-order valence-corrected chi connectivity index (χ1v) is 9.63. The number of ether oxygens (including phenoxy) is 1. The highest BCUT2D eigenvalue weighted by Crippen LogP contribution is 2.33. The molecule has 1 aromatic carbocycles. The van der Waals surface area contributed by atoms with Gasteiger partial charge < -0.3 is 14.4 Å². The number of allylic oxidation sites excluding steroid dienone is 1. The Morgan fingerprint density at radius 1 is 1.38 bits per heavy atom. The molecule has 29 heavy (non-hydrogen) atoms. The van der Waals surface area contributed by atoms with E-state index < -0.39 is 22.8 Å². The van der Waals surface area contributed by atoms with Crippen LogP contribution in [-0.4, -0.2) is 27.2 Å². The largest absolute Gasteiger partial charge is 0.505 e. The average molecular weight is 461 g/mol. The SMILES string of the molecule is C=CCn1c(=O)c(C(=O)OCC)c(O)c2ncc(Cc3ccc(F)cc3)c(Br)c21. The maximum absolute atomic E-state index is 13.2. The van der Waals surface area contributed by atoms with E-state index in [9.17, 15) is 19.1 Å². The highest BCUT2D eigenvalue weighted by atomic mass is 79.9. The summed E-state index contributed by atoms with van der Waals surface area (Å²) in [4.78, 5) is 29.4. The van der Waals surface area contributed by atoms with Gasteiger partial charge in [0.25, 0.3) is 5.56 Å². The molecule has 2 heterocycles. The number of fused-ring (bicyclic) bond motifs is 1. The van der Waals surface area contributed by atoms with Crippen molar-refractivity contribution in [2.24, 2.45) is 0 Å². The van der Waals surface area contributed by atoms with E-state index in [4.69, 9.17) is 4.74 Å². The van der Waals surface area contributed by atoms with Crippen LogP contribution in [0.25, 0.3) is 11.0 Å². The summed E-state index contributed by atoms with van der Waals surface area (Å²) in [7, 11) is 0. The van der Waals surface area contributed by atoms with Crippen LogP contribution in [0.5, 0.6) is 5.75 Å². The van der Waals surface area contributed by atoms with Gasteiger partial charge in [0.15, 0.2) is 11.3 Å². The lowest BCUT2D eigenvalue weighted by Crippen LogP contribution is -2.28. The number of halogens is 2. The summed E-state index contributed by atoms with van der Waals surface area (Å²) in [5.41, 5.74) is 0.828. The summed E-state index contributed by atoms with van der Waals surface area (Å²) < 4.78 is 19.9. The molecule has 0 unspecified atom stereocenters. The van der Waals surface area contributed by atoms with Crippen LogP contribution in [0.2, 0.25) is 0 Å². The number of aromatic nitrogens is 2. The molecule has 3 aromatic rings. The Labute approximate surface area is 174 Å². The maximum atomic E-state index is 13.2. The smallest absolute Gasteiger partial charge is 0.347 e. The molecule has 0 aliphatic rings. The Morgan fingerprint density at radius 2 is 2.07 bits per heavy atom. The van der Waals surface area contributed by atoms with E-state index in [2.05, 4.69) is 27.5 Å². The molecule has 0 aliphatic heterocycles. The number of aromatic hydroxyl groups is 1. The van der Waals surface area contributed by atoms with Crippen LogP contribution >= 0.6 is 15.9 Å². The molecule has 0 amide bonds. The third kappa shape index (κ3) is 3.93. The molecule has 0 saturated carbocycles. The summed E-state index contributed by atoms with van der Waals surface area (Å²) >= 11 is 3.50. The minimum atomic E-state index is -0.914. The van der Waals surface area contributed by atoms with Crippen molar-refractivity contribution in [3.8, 4) is 5.75 Å². The number of benzene rings is 1. The Morgan fingerprint density at radius 3 is 2.69 bits per heavy atom. The van der Waals surface area contributed by atoms with Gasteiger partial charge in [0.1, 0.15) is 11.3 Å². The van der Waals surface area contributed by atoms with Crippen molar-refractivity contribution in [3.05, 3.63) is 80.5 Å². The zero-order valence-corrected chi connectivity index (χ0v) is 17.2. The third-order valence-corrected chi connectivity index (χ3v) is 5.24. The fraction of sp³-hybridized carbons (Fsp3) is 0.190. The number of carbonyl (C=O) groups is 1. The Kier molecular flexibility index (Phi) is 6.12. The maximum Gasteiger partial charge on any atom is 0.347 e. The molecule has 0 fully saturated rings. The van der Waals surface area contributed by atoms with Gasteiger partial charge in [-0.05, 0) is 46.1 Å². The van der Waals surface area contributed by atoms with E-state index in [0.717, 1.165) is 11.1 Å². The molecule has 0 bridgehead atoms. The van der Waals surface area contributed by atoms with Gasteiger partial charge in [-0.25, -0.2) is 9.18 Å². The monoisotopic (exact) mass is 460 g/mol. The van der Waals surface area contributed by atoms with Crippen molar-refractivity contribution in [2.75, 3.05) is 6.61 Å². The zero-order chi connectivity index (χ0) is 21.1. The minimum Gasteiger partial charge on any atom is -0.505 e. The highest BCUT2D eigenvalue weighted by molar-refractivity contribution is 9.10. The van der Waals surface area contributed by atoms with E-state index in [0.29, 0.717) is 16.4 Å². The predicted octanol–water partition coefficient (Wildman–Crippen LogP) is 3.96. The first-order valence-electron chi connectivity index (χ1n) is 8.84. The van der Waals surface area contributed by atoms with E-state index >= 15 is 0 Å². The van der Waals surface area contributed by atoms with E-state index in [1.165, 1.54) is 29.0 Å². The van der Waals surface area contributed by atoms with Crippen molar-refractivity contribution in [2.45, 2.75) is 19.9 Å². The standard InChI is InChI=1S/C21H18BrFN2O4/c1-3-9-25-18-16(22)13(10-12-5-7-14(23)8-6-12)11-24-17(18)19(26)15(20(25)27)21(28)29-4-2/h3,5-8,11,26H,1,4,9-10H2,2H3. The van der Waals surface area contributed by atoms with Gasteiger partial charge in [-0.2, -0.15) is 0 Å². The lowest BCUT2D eigenvalue weighted by Gasteiger charge is -2.16. The fourth-order valence-electron chi connectivity index (χ4n) is 3.03. The summed E-state index contributed by atoms with van der Waals surface area (Å²) in [6.07, 6.45) is 3.46. The van der Waals surface area contributed by atoms with Gasteiger partial charge in [-0.15, -0.1) is 6.58 Å². The molecule has 1 N–H and O–H groups in total. The average Bonchev–Trinajstić information content (AvgIpc) is 2.69. The minimum absolute atomic E-state index is 0.0605. The van der Waals surface area contributed by atoms with Gasteiger partial charge in [-0.3, -0.25) is 9.78 Å². The predicted molar refractivity (Wildman–Crippen MR) is 111 cm³/mol. The Balaban J connectivity index is 2.24. The number of pyridine rings is 2. The summed E-state index contributed by atoms with van der Waals surface area (Å²) in [6.45, 7) is 5.42. The molecule has 3 rings (SSSR count). The quantitative estimate of drug-likeness (QED) is 0.444. The molecular weight excluding hydrogens is 443 g/mol. The molecule has 8 heteroatoms. The summed E-state index contributed by atoms with van der Waals surface area (Å²) in [5.74, 6) is -1.78. The molecule has 2 aromatic heterocycles. The first kappa shape index (κ1) is 20.7. The lowest BCUT2D eigenvalue weighted by molar-refractivity contribution is 0.0520. The topological polar surface area (TPSA) is 81.4 Å². The van der Waals surface area contributed by atoms with Crippen molar-refractivity contribution < 1.29 is 19.0 Å². The second kappa shape index (κ2) is 8.57. The number of esters is 1. The number of hydrogen-bond acceptors (Lipinski definition) is 5. The van der Waals surface area contributed by atoms with Gasteiger partial charge in [-0.1, -0.05) is 18.2 Å². The van der Waals surface area contributed by atoms with Gasteiger partial charge in [0, 0.05) is 23.6 Å². The molecule has 150 valence electrons. The van der Waals surface area contributed by atoms with Crippen LogP contribution < -0.4 is 5.56 Å². The number of nitrogens with zero attached hydrogens (tertiary/aromatic N) is 2. The van der Waals surface area contributed by atoms with E-state index in [1.807, 2.05) is 0 Å². The number of carbonyl (C=O) groups excluding carboxylic acids is 1. The van der Waals surface area contributed by atoms with Crippen LogP contribution in [0.3, 0.4) is 0 Å². The van der Waals surface area contributed by atoms with Crippen LogP contribution in [0, 0.1) is 5.82 Å². The molecule has 6 nitrogen and oxygen atoms in total. The highest BCUT2D eigenvalue weighted by Gasteiger charge is 2.25. The van der Waals surface area contributed by atoms with Crippen LogP contribution in [0.15, 0.2) is 52.4 Å². The molecule has 0 radical (unpaired) electrons. The fourth-order valence-corrected chi connectivity index (χ4v) is 3.67. The Bertz CT molecular complexity index is 1160. The normalized spacial score (nSPS) is 10.9. The zero-order valence-electron chi connectivity index (χ0n) is 15.6. The Hall–Kier alpha value is -3.00. The first-order chi connectivity index (χ1) is 13.9. The number of hydrogen-bond donors (Lipinski definition) is 1. The lowest BCUT2D eigenvalue weighted by atomic mass is 10.1. The summed E-state index contributed by atoms with van der Waals surface area (Å²) in [5, 5.41) is 10.6. The molecule has 0 atom stereocenters. The molecule has 0 saturated heterocycles. The van der Waals surface area contributed by atoms with Crippen LogP contribution in [0.4, 0.5) is 4.39 Å². The molecule has 0 spiro atoms. The van der Waals surface area contributed by atoms with Crippen molar-refractivity contribution in [1.29, 1.82) is 0 Å². The third-order valence-electron chi connectivity index (χ3n) is 4.35. The van der Waals surface area contributed by atoms with Crippen molar-refractivity contribution >= 4 is 32.9 Å². The van der Waals surface area contributed by atoms with Crippen LogP contribution in [-0.2, 0) is 17.7 Å². The second-order valence-electron chi connectivity index (χ2n) is 6.25. The van der Waals surface area contributed by atoms with Gasteiger partial charge >= 0.3 is 5.97 Å². The number of rotatable bonds is 6. The molecular formula is C21H18BrFN2O4. The summed E-state index contributed by atoms with van der Waals surface area (Å²) in [6, 6.07) is 6.04. The van der Waals surface area contributed by atoms with E-state index in [-0.39, 0.29) is 24.5 Å². The molecule has 0 aliphatic carbocycles. The van der Waals surface area contributed by atoms with Crippen molar-refractivity contribution in [3.63, 3.8) is 0 Å². The van der Waals surface area contributed by atoms with E-state index in [1.54, 1.807) is 19.1 Å². The van der Waals surface area contributed by atoms with Gasteiger partial charge in [0.2, 0.25) is 0 Å². The van der Waals surface area contributed by atoms with Crippen molar-refractivity contribution in [1.82, 2.24) is 9.55 Å². The van der Waals surface area contributed by atoms with Crippen LogP contribution in [0.1, 0.15) is 28.4 Å².